The fourth-order valence-electron chi connectivity index (χ4n) is 2.62. The Morgan fingerprint density at radius 3 is 2.48 bits per heavy atom. The number of hydrogen-bond acceptors (Lipinski definition) is 2. The first kappa shape index (κ1) is 15.3. The lowest BCUT2D eigenvalue weighted by Crippen LogP contribution is -2.43. The number of benzene rings is 1. The Morgan fingerprint density at radius 2 is 1.90 bits per heavy atom. The van der Waals surface area contributed by atoms with Gasteiger partial charge in [-0.2, -0.15) is 13.2 Å². The number of rotatable bonds is 2. The van der Waals surface area contributed by atoms with E-state index in [-0.39, 0.29) is 12.5 Å². The van der Waals surface area contributed by atoms with Crippen molar-refractivity contribution in [2.75, 3.05) is 6.54 Å². The van der Waals surface area contributed by atoms with Gasteiger partial charge >= 0.3 is 12.1 Å². The zero-order valence-electron chi connectivity index (χ0n) is 11.2. The summed E-state index contributed by atoms with van der Waals surface area (Å²) in [6.45, 7) is 1.81. The Labute approximate surface area is 119 Å². The summed E-state index contributed by atoms with van der Waals surface area (Å²) in [6.07, 6.45) is -4.20. The second-order valence-corrected chi connectivity index (χ2v) is 5.09. The molecule has 0 aromatic heterocycles. The van der Waals surface area contributed by atoms with Gasteiger partial charge in [0.2, 0.25) is 0 Å². The van der Waals surface area contributed by atoms with Crippen LogP contribution in [0.15, 0.2) is 24.3 Å². The van der Waals surface area contributed by atoms with E-state index in [1.54, 1.807) is 6.92 Å². The third kappa shape index (κ3) is 2.86. The number of carbonyl (C=O) groups is 2. The van der Waals surface area contributed by atoms with Gasteiger partial charge in [-0.15, -0.1) is 0 Å². The molecule has 4 nitrogen and oxygen atoms in total. The lowest BCUT2D eigenvalue weighted by molar-refractivity contribution is -0.142. The van der Waals surface area contributed by atoms with Crippen molar-refractivity contribution in [3.63, 3.8) is 0 Å². The molecule has 114 valence electrons. The van der Waals surface area contributed by atoms with Crippen LogP contribution in [0.2, 0.25) is 0 Å². The number of likely N-dealkylation sites (tertiary alicyclic amines) is 1. The van der Waals surface area contributed by atoms with Gasteiger partial charge in [0.05, 0.1) is 11.1 Å². The minimum absolute atomic E-state index is 0.142. The molecular weight excluding hydrogens is 287 g/mol. The van der Waals surface area contributed by atoms with Gasteiger partial charge in [0.25, 0.3) is 5.91 Å². The molecule has 2 atom stereocenters. The van der Waals surface area contributed by atoms with Crippen LogP contribution in [0.1, 0.15) is 29.3 Å². The number of aliphatic carboxylic acids is 1. The number of alkyl halides is 3. The van der Waals surface area contributed by atoms with E-state index < -0.39 is 35.2 Å². The van der Waals surface area contributed by atoms with Crippen molar-refractivity contribution >= 4 is 11.9 Å². The molecule has 2 unspecified atom stereocenters. The summed E-state index contributed by atoms with van der Waals surface area (Å²) in [5, 5.41) is 9.16. The van der Waals surface area contributed by atoms with Gasteiger partial charge in [-0.1, -0.05) is 19.1 Å². The van der Waals surface area contributed by atoms with Crippen LogP contribution in [0.25, 0.3) is 0 Å². The third-order valence-electron chi connectivity index (χ3n) is 3.68. The van der Waals surface area contributed by atoms with Crippen molar-refractivity contribution in [1.29, 1.82) is 0 Å². The molecule has 1 fully saturated rings. The number of carbonyl (C=O) groups excluding carboxylic acids is 1. The molecule has 1 aliphatic rings. The smallest absolute Gasteiger partial charge is 0.417 e. The first-order valence-corrected chi connectivity index (χ1v) is 6.43. The molecule has 1 heterocycles. The predicted octanol–water partition coefficient (Wildman–Crippen LogP) is 2.64. The monoisotopic (exact) mass is 301 g/mol. The first-order valence-electron chi connectivity index (χ1n) is 6.43. The van der Waals surface area contributed by atoms with Crippen LogP contribution in [-0.4, -0.2) is 34.5 Å². The summed E-state index contributed by atoms with van der Waals surface area (Å²) < 4.78 is 38.8. The second-order valence-electron chi connectivity index (χ2n) is 5.09. The largest absolute Gasteiger partial charge is 0.480 e. The molecule has 7 heteroatoms. The van der Waals surface area contributed by atoms with Crippen LogP contribution in [0.4, 0.5) is 13.2 Å². The average Bonchev–Trinajstić information content (AvgIpc) is 2.79. The van der Waals surface area contributed by atoms with E-state index in [0.717, 1.165) is 17.0 Å². The maximum Gasteiger partial charge on any atom is 0.417 e. The lowest BCUT2D eigenvalue weighted by Gasteiger charge is -2.24. The summed E-state index contributed by atoms with van der Waals surface area (Å²) >= 11 is 0. The van der Waals surface area contributed by atoms with Gasteiger partial charge in [0, 0.05) is 6.54 Å². The molecule has 0 spiro atoms. The summed E-state index contributed by atoms with van der Waals surface area (Å²) in [5.41, 5.74) is -1.55. The molecule has 21 heavy (non-hydrogen) atoms. The number of carboxylic acid groups (broad SMARTS) is 1. The maximum atomic E-state index is 12.9. The Balaban J connectivity index is 2.39. The van der Waals surface area contributed by atoms with Crippen molar-refractivity contribution in [3.05, 3.63) is 35.4 Å². The normalized spacial score (nSPS) is 22.4. The fraction of sp³-hybridized carbons (Fsp3) is 0.429. The molecule has 1 aromatic rings. The molecule has 0 radical (unpaired) electrons. The summed E-state index contributed by atoms with van der Waals surface area (Å²) in [7, 11) is 0. The predicted molar refractivity (Wildman–Crippen MR) is 67.7 cm³/mol. The highest BCUT2D eigenvalue weighted by atomic mass is 19.4. The van der Waals surface area contributed by atoms with Crippen molar-refractivity contribution in [2.45, 2.75) is 25.6 Å². The van der Waals surface area contributed by atoms with E-state index in [1.807, 2.05) is 0 Å². The SMILES string of the molecule is CC1CCN(C(=O)c2ccccc2C(F)(F)F)C1C(=O)O. The van der Waals surface area contributed by atoms with Crippen molar-refractivity contribution < 1.29 is 27.9 Å². The van der Waals surface area contributed by atoms with Gasteiger partial charge in [0.15, 0.2) is 0 Å². The molecule has 1 N–H and O–H groups in total. The van der Waals surface area contributed by atoms with E-state index >= 15 is 0 Å². The zero-order valence-corrected chi connectivity index (χ0v) is 11.2. The Bertz CT molecular complexity index is 571. The molecule has 1 aromatic carbocycles. The summed E-state index contributed by atoms with van der Waals surface area (Å²) in [6, 6.07) is 3.34. The molecular formula is C14H14F3NO3. The Morgan fingerprint density at radius 1 is 1.29 bits per heavy atom. The summed E-state index contributed by atoms with van der Waals surface area (Å²) in [4.78, 5) is 24.6. The molecule has 2 rings (SSSR count). The lowest BCUT2D eigenvalue weighted by atomic mass is 10.0. The van der Waals surface area contributed by atoms with E-state index in [9.17, 15) is 22.8 Å². The fourth-order valence-corrected chi connectivity index (χ4v) is 2.62. The number of carboxylic acids is 1. The third-order valence-corrected chi connectivity index (χ3v) is 3.68. The highest BCUT2D eigenvalue weighted by Crippen LogP contribution is 2.34. The number of hydrogen-bond donors (Lipinski definition) is 1. The van der Waals surface area contributed by atoms with Crippen LogP contribution in [0, 0.1) is 5.92 Å². The molecule has 0 bridgehead atoms. The molecule has 1 saturated heterocycles. The molecule has 1 aliphatic heterocycles. The standard InChI is InChI=1S/C14H14F3NO3/c1-8-6-7-18(11(8)13(20)21)12(19)9-4-2-3-5-10(9)14(15,16)17/h2-5,8,11H,6-7H2,1H3,(H,20,21). The highest BCUT2D eigenvalue weighted by Gasteiger charge is 2.42. The maximum absolute atomic E-state index is 12.9. The van der Waals surface area contributed by atoms with Crippen LogP contribution in [-0.2, 0) is 11.0 Å². The second kappa shape index (κ2) is 5.38. The van der Waals surface area contributed by atoms with Crippen LogP contribution in [0.3, 0.4) is 0 Å². The Hall–Kier alpha value is -2.05. The van der Waals surface area contributed by atoms with Crippen LogP contribution in [0.5, 0.6) is 0 Å². The minimum atomic E-state index is -4.66. The van der Waals surface area contributed by atoms with Crippen LogP contribution >= 0.6 is 0 Å². The van der Waals surface area contributed by atoms with E-state index in [2.05, 4.69) is 0 Å². The van der Waals surface area contributed by atoms with E-state index in [1.165, 1.54) is 12.1 Å². The number of amides is 1. The van der Waals surface area contributed by atoms with Gasteiger partial charge in [-0.25, -0.2) is 4.79 Å². The summed E-state index contributed by atoms with van der Waals surface area (Å²) in [5.74, 6) is -2.37. The number of halogens is 3. The van der Waals surface area contributed by atoms with Gasteiger partial charge in [-0.3, -0.25) is 4.79 Å². The number of nitrogens with zero attached hydrogens (tertiary/aromatic N) is 1. The van der Waals surface area contributed by atoms with Crippen molar-refractivity contribution in [1.82, 2.24) is 4.90 Å². The topological polar surface area (TPSA) is 57.6 Å². The zero-order chi connectivity index (χ0) is 15.8. The average molecular weight is 301 g/mol. The van der Waals surface area contributed by atoms with Crippen molar-refractivity contribution in [2.24, 2.45) is 5.92 Å². The van der Waals surface area contributed by atoms with E-state index in [0.29, 0.717) is 6.42 Å². The highest BCUT2D eigenvalue weighted by molar-refractivity contribution is 5.98. The Kier molecular flexibility index (Phi) is 3.93. The van der Waals surface area contributed by atoms with Gasteiger partial charge in [-0.05, 0) is 24.5 Å². The van der Waals surface area contributed by atoms with Crippen LogP contribution < -0.4 is 0 Å². The van der Waals surface area contributed by atoms with E-state index in [4.69, 9.17) is 5.11 Å². The van der Waals surface area contributed by atoms with Crippen molar-refractivity contribution in [3.8, 4) is 0 Å². The molecule has 1 amide bonds. The van der Waals surface area contributed by atoms with Gasteiger partial charge in [0.1, 0.15) is 6.04 Å². The minimum Gasteiger partial charge on any atom is -0.480 e. The quantitative estimate of drug-likeness (QED) is 0.913. The molecule has 0 saturated carbocycles. The molecule has 0 aliphatic carbocycles. The van der Waals surface area contributed by atoms with Gasteiger partial charge < -0.3 is 10.0 Å². The first-order chi connectivity index (χ1) is 9.73.